The number of halogens is 3. The van der Waals surface area contributed by atoms with Gasteiger partial charge in [-0.25, -0.2) is 4.98 Å². The fourth-order valence-corrected chi connectivity index (χ4v) is 6.13. The molecular formula is C28H35F3N4O2. The van der Waals surface area contributed by atoms with E-state index < -0.39 is 23.8 Å². The Morgan fingerprint density at radius 2 is 1.84 bits per heavy atom. The minimum atomic E-state index is -4.43. The molecular weight excluding hydrogens is 481 g/mol. The molecule has 4 heterocycles. The summed E-state index contributed by atoms with van der Waals surface area (Å²) < 4.78 is 38.8. The summed E-state index contributed by atoms with van der Waals surface area (Å²) in [5.74, 6) is 0.698. The number of hydrogen-bond acceptors (Lipinski definition) is 5. The molecule has 200 valence electrons. The number of likely N-dealkylation sites (tertiary alicyclic amines) is 2. The van der Waals surface area contributed by atoms with Crippen LogP contribution in [0.1, 0.15) is 60.5 Å². The maximum atomic E-state index is 12.9. The van der Waals surface area contributed by atoms with Crippen LogP contribution in [-0.4, -0.2) is 64.6 Å². The van der Waals surface area contributed by atoms with Crippen LogP contribution in [0.15, 0.2) is 36.4 Å². The number of hydrogen-bond donors (Lipinski definition) is 2. The third-order valence-corrected chi connectivity index (χ3v) is 8.27. The third kappa shape index (κ3) is 6.09. The predicted octanol–water partition coefficient (Wildman–Crippen LogP) is 5.00. The highest BCUT2D eigenvalue weighted by Crippen LogP contribution is 2.33. The van der Waals surface area contributed by atoms with Gasteiger partial charge in [-0.15, -0.1) is 0 Å². The number of rotatable bonds is 7. The number of nitrogens with zero attached hydrogens (tertiary/aromatic N) is 3. The van der Waals surface area contributed by atoms with Crippen LogP contribution in [0.25, 0.3) is 0 Å². The molecule has 0 radical (unpaired) electrons. The van der Waals surface area contributed by atoms with E-state index in [0.29, 0.717) is 24.6 Å². The van der Waals surface area contributed by atoms with E-state index in [1.165, 1.54) is 17.7 Å². The molecule has 3 aliphatic heterocycles. The number of benzene rings is 1. The first kappa shape index (κ1) is 26.0. The lowest BCUT2D eigenvalue weighted by molar-refractivity contribution is -0.143. The van der Waals surface area contributed by atoms with Crippen LogP contribution in [0.2, 0.25) is 0 Å². The van der Waals surface area contributed by atoms with Crippen LogP contribution >= 0.6 is 0 Å². The monoisotopic (exact) mass is 516 g/mol. The second kappa shape index (κ2) is 11.0. The molecule has 0 spiro atoms. The van der Waals surface area contributed by atoms with Crippen molar-refractivity contribution < 1.29 is 23.1 Å². The molecule has 2 N–H and O–H groups in total. The van der Waals surface area contributed by atoms with Gasteiger partial charge in [-0.05, 0) is 93.3 Å². The maximum Gasteiger partial charge on any atom is 0.416 e. The molecule has 1 aromatic heterocycles. The predicted molar refractivity (Wildman–Crippen MR) is 135 cm³/mol. The number of nitrogens with one attached hydrogen (secondary N) is 1. The molecule has 2 atom stereocenters. The van der Waals surface area contributed by atoms with E-state index in [4.69, 9.17) is 4.98 Å². The van der Waals surface area contributed by atoms with Crippen molar-refractivity contribution in [3.8, 4) is 0 Å². The fraction of sp³-hybridized carbons (Fsp3) is 0.571. The molecule has 9 heteroatoms. The summed E-state index contributed by atoms with van der Waals surface area (Å²) in [6.07, 6.45) is 3.08. The molecule has 3 aliphatic rings. The van der Waals surface area contributed by atoms with Gasteiger partial charge in [-0.3, -0.25) is 14.6 Å². The van der Waals surface area contributed by atoms with E-state index in [1.807, 2.05) is 4.90 Å². The van der Waals surface area contributed by atoms with Gasteiger partial charge in [0.25, 0.3) is 0 Å². The Bertz CT molecular complexity index is 1080. The quantitative estimate of drug-likeness (QED) is 0.540. The van der Waals surface area contributed by atoms with Gasteiger partial charge in [0.05, 0.1) is 5.56 Å². The average molecular weight is 517 g/mol. The highest BCUT2D eigenvalue weighted by molar-refractivity contribution is 5.75. The van der Waals surface area contributed by atoms with Crippen molar-refractivity contribution in [1.29, 1.82) is 0 Å². The second-order valence-corrected chi connectivity index (χ2v) is 10.7. The van der Waals surface area contributed by atoms with Crippen molar-refractivity contribution in [1.82, 2.24) is 14.8 Å². The number of aliphatic carboxylic acids is 1. The van der Waals surface area contributed by atoms with Crippen molar-refractivity contribution >= 4 is 11.8 Å². The van der Waals surface area contributed by atoms with Crippen LogP contribution in [0.5, 0.6) is 0 Å². The third-order valence-electron chi connectivity index (χ3n) is 8.27. The summed E-state index contributed by atoms with van der Waals surface area (Å²) in [5, 5.41) is 13.3. The van der Waals surface area contributed by atoms with Crippen molar-refractivity contribution in [2.45, 2.75) is 63.2 Å². The Morgan fingerprint density at radius 3 is 2.54 bits per heavy atom. The van der Waals surface area contributed by atoms with Crippen LogP contribution < -0.4 is 5.32 Å². The number of carboxylic acid groups (broad SMARTS) is 1. The largest absolute Gasteiger partial charge is 0.480 e. The highest BCUT2D eigenvalue weighted by Gasteiger charge is 2.37. The molecule has 6 nitrogen and oxygen atoms in total. The second-order valence-electron chi connectivity index (χ2n) is 10.7. The summed E-state index contributed by atoms with van der Waals surface area (Å²) in [5.41, 5.74) is 2.11. The van der Waals surface area contributed by atoms with Crippen LogP contribution in [-0.2, 0) is 23.8 Å². The first-order chi connectivity index (χ1) is 17.8. The molecule has 5 rings (SSSR count). The number of carboxylic acids is 1. The summed E-state index contributed by atoms with van der Waals surface area (Å²) in [7, 11) is 0. The van der Waals surface area contributed by atoms with Crippen LogP contribution in [0.3, 0.4) is 0 Å². The first-order valence-electron chi connectivity index (χ1n) is 13.4. The Labute approximate surface area is 215 Å². The zero-order valence-corrected chi connectivity index (χ0v) is 21.0. The lowest BCUT2D eigenvalue weighted by atomic mass is 9.90. The molecule has 2 saturated heterocycles. The molecule has 1 aromatic carbocycles. The topological polar surface area (TPSA) is 68.7 Å². The summed E-state index contributed by atoms with van der Waals surface area (Å²) >= 11 is 0. The maximum absolute atomic E-state index is 12.9. The molecule has 0 aliphatic carbocycles. The van der Waals surface area contributed by atoms with Crippen LogP contribution in [0, 0.1) is 5.92 Å². The van der Waals surface area contributed by atoms with E-state index in [-0.39, 0.29) is 6.04 Å². The minimum Gasteiger partial charge on any atom is -0.480 e. The molecule has 0 amide bonds. The van der Waals surface area contributed by atoms with Gasteiger partial charge in [-0.1, -0.05) is 18.2 Å². The van der Waals surface area contributed by atoms with Gasteiger partial charge in [0.1, 0.15) is 11.9 Å². The van der Waals surface area contributed by atoms with Gasteiger partial charge >= 0.3 is 12.1 Å². The van der Waals surface area contributed by atoms with E-state index in [9.17, 15) is 23.1 Å². The Morgan fingerprint density at radius 1 is 1.08 bits per heavy atom. The summed E-state index contributed by atoms with van der Waals surface area (Å²) in [4.78, 5) is 21.3. The Kier molecular flexibility index (Phi) is 7.72. The van der Waals surface area contributed by atoms with Crippen LogP contribution in [0.4, 0.5) is 19.0 Å². The SMILES string of the molecule is O=C(O)C(c1ccc(C(F)(F)F)cc1)N1CC[C@@H](N2CCC(CCc3ccc4c(n3)NCCC4)CC2)C1. The van der Waals surface area contributed by atoms with Gasteiger partial charge in [0.2, 0.25) is 0 Å². The lowest BCUT2D eigenvalue weighted by Gasteiger charge is -2.36. The van der Waals surface area contributed by atoms with E-state index in [0.717, 1.165) is 88.2 Å². The van der Waals surface area contributed by atoms with Gasteiger partial charge in [0.15, 0.2) is 0 Å². The van der Waals surface area contributed by atoms with Crippen molar-refractivity contribution in [3.63, 3.8) is 0 Å². The van der Waals surface area contributed by atoms with Gasteiger partial charge < -0.3 is 10.4 Å². The van der Waals surface area contributed by atoms with E-state index >= 15 is 0 Å². The van der Waals surface area contributed by atoms with Crippen molar-refractivity contribution in [2.75, 3.05) is 38.0 Å². The summed E-state index contributed by atoms with van der Waals surface area (Å²) in [6, 6.07) is 8.28. The number of aromatic nitrogens is 1. The highest BCUT2D eigenvalue weighted by atomic mass is 19.4. The minimum absolute atomic E-state index is 0.283. The molecule has 37 heavy (non-hydrogen) atoms. The summed E-state index contributed by atoms with van der Waals surface area (Å²) in [6.45, 7) is 4.24. The fourth-order valence-electron chi connectivity index (χ4n) is 6.13. The lowest BCUT2D eigenvalue weighted by Crippen LogP contribution is -2.43. The molecule has 2 fully saturated rings. The zero-order chi connectivity index (χ0) is 26.0. The normalized spacial score (nSPS) is 22.4. The number of carbonyl (C=O) groups is 1. The zero-order valence-electron chi connectivity index (χ0n) is 21.0. The number of pyridine rings is 1. The number of aryl methyl sites for hydroxylation is 2. The molecule has 2 aromatic rings. The standard InChI is InChI=1S/C28H35F3N4O2/c29-28(30,31)22-7-4-20(5-8-22)25(27(36)37)35-17-13-24(18-35)34-15-11-19(12-16-34)3-9-23-10-6-21-2-1-14-32-26(21)33-23/h4-8,10,19,24-25H,1-3,9,11-18H2,(H,32,33)(H,36,37)/t24-,25?/m1/s1. The van der Waals surface area contributed by atoms with Gasteiger partial charge in [0, 0.05) is 31.4 Å². The Hall–Kier alpha value is -2.65. The molecule has 0 saturated carbocycles. The van der Waals surface area contributed by atoms with Crippen molar-refractivity contribution in [3.05, 3.63) is 58.8 Å². The first-order valence-corrected chi connectivity index (χ1v) is 13.4. The molecule has 0 bridgehead atoms. The number of anilines is 1. The van der Waals surface area contributed by atoms with Gasteiger partial charge in [-0.2, -0.15) is 13.2 Å². The van der Waals surface area contributed by atoms with E-state index in [1.54, 1.807) is 0 Å². The number of piperidine rings is 1. The molecule has 1 unspecified atom stereocenters. The smallest absolute Gasteiger partial charge is 0.416 e. The Balaban J connectivity index is 1.11. The number of fused-ring (bicyclic) bond motifs is 1. The number of alkyl halides is 3. The average Bonchev–Trinajstić information content (AvgIpc) is 3.37. The van der Waals surface area contributed by atoms with Crippen molar-refractivity contribution in [2.24, 2.45) is 5.92 Å². The van der Waals surface area contributed by atoms with E-state index in [2.05, 4.69) is 22.3 Å².